The third-order valence-electron chi connectivity index (χ3n) is 6.42. The van der Waals surface area contributed by atoms with E-state index in [9.17, 15) is 4.79 Å². The smallest absolute Gasteiger partial charge is 0.306 e. The number of ether oxygens (including phenoxy) is 2. The molecule has 1 amide bonds. The first-order valence-electron chi connectivity index (χ1n) is 10.3. The summed E-state index contributed by atoms with van der Waals surface area (Å²) in [6.07, 6.45) is 0.688. The van der Waals surface area contributed by atoms with Crippen molar-refractivity contribution in [2.75, 3.05) is 19.1 Å². The Kier molecular flexibility index (Phi) is 3.69. The van der Waals surface area contributed by atoms with Gasteiger partial charge in [-0.3, -0.25) is 4.79 Å². The molecule has 3 aliphatic heterocycles. The minimum absolute atomic E-state index is 0.0921. The molecule has 0 saturated carbocycles. The number of likely N-dealkylation sites (N-methyl/N-ethyl adjacent to an activating group) is 1. The molecular weight excluding hydrogens is 390 g/mol. The lowest BCUT2D eigenvalue weighted by Gasteiger charge is -2.44. The lowest BCUT2D eigenvalue weighted by atomic mass is 9.92. The molecular formula is C25H21N3O3. The van der Waals surface area contributed by atoms with Crippen LogP contribution in [0, 0.1) is 0 Å². The molecule has 0 unspecified atom stereocenters. The van der Waals surface area contributed by atoms with E-state index in [1.807, 2.05) is 71.7 Å². The van der Waals surface area contributed by atoms with E-state index < -0.39 is 5.72 Å². The monoisotopic (exact) mass is 411 g/mol. The van der Waals surface area contributed by atoms with Crippen molar-refractivity contribution in [1.29, 1.82) is 0 Å². The van der Waals surface area contributed by atoms with Gasteiger partial charge >= 0.3 is 5.72 Å². The minimum atomic E-state index is -1.31. The second-order valence-electron chi connectivity index (χ2n) is 8.00. The fourth-order valence-corrected chi connectivity index (χ4v) is 4.88. The molecule has 6 rings (SSSR count). The van der Waals surface area contributed by atoms with Crippen LogP contribution in [0.4, 0.5) is 5.69 Å². The predicted molar refractivity (Wildman–Crippen MR) is 117 cm³/mol. The molecule has 0 aliphatic carbocycles. The zero-order valence-corrected chi connectivity index (χ0v) is 17.3. The van der Waals surface area contributed by atoms with Crippen molar-refractivity contribution in [3.8, 4) is 11.5 Å². The highest BCUT2D eigenvalue weighted by Gasteiger charge is 2.62. The van der Waals surface area contributed by atoms with Crippen LogP contribution in [0.15, 0.2) is 77.9 Å². The van der Waals surface area contributed by atoms with Gasteiger partial charge in [0.15, 0.2) is 0 Å². The lowest BCUT2D eigenvalue weighted by molar-refractivity contribution is -0.163. The maximum absolute atomic E-state index is 13.7. The van der Waals surface area contributed by atoms with Crippen LogP contribution in [0.1, 0.15) is 29.2 Å². The zero-order valence-electron chi connectivity index (χ0n) is 17.3. The number of fused-ring (bicyclic) bond motifs is 6. The Morgan fingerprint density at radius 1 is 1.03 bits per heavy atom. The molecule has 3 aliphatic rings. The number of rotatable bonds is 2. The van der Waals surface area contributed by atoms with Gasteiger partial charge in [-0.2, -0.15) is 5.10 Å². The molecule has 2 atom stereocenters. The maximum atomic E-state index is 13.7. The Labute approximate surface area is 180 Å². The van der Waals surface area contributed by atoms with Crippen LogP contribution < -0.4 is 14.4 Å². The summed E-state index contributed by atoms with van der Waals surface area (Å²) in [5.41, 5.74) is 3.33. The van der Waals surface area contributed by atoms with Gasteiger partial charge in [0.05, 0.1) is 30.1 Å². The quantitative estimate of drug-likeness (QED) is 0.638. The van der Waals surface area contributed by atoms with Gasteiger partial charge in [0.25, 0.3) is 5.91 Å². The van der Waals surface area contributed by atoms with Crippen LogP contribution >= 0.6 is 0 Å². The number of benzene rings is 3. The zero-order chi connectivity index (χ0) is 21.2. The number of methoxy groups -OCH3 is 1. The van der Waals surface area contributed by atoms with Crippen molar-refractivity contribution >= 4 is 17.3 Å². The van der Waals surface area contributed by atoms with Crippen molar-refractivity contribution in [3.05, 3.63) is 89.5 Å². The number of carbonyl (C=O) groups excluding carboxylic acids is 1. The summed E-state index contributed by atoms with van der Waals surface area (Å²) in [6, 6.07) is 23.5. The second-order valence-corrected chi connectivity index (χ2v) is 8.00. The predicted octanol–water partition coefficient (Wildman–Crippen LogP) is 4.07. The third kappa shape index (κ3) is 2.33. The van der Waals surface area contributed by atoms with E-state index in [4.69, 9.17) is 14.6 Å². The average Bonchev–Trinajstić information content (AvgIpc) is 3.36. The summed E-state index contributed by atoms with van der Waals surface area (Å²) in [5, 5.41) is 6.86. The average molecular weight is 411 g/mol. The second kappa shape index (κ2) is 6.35. The number of para-hydroxylation sites is 2. The van der Waals surface area contributed by atoms with Gasteiger partial charge < -0.3 is 14.4 Å². The van der Waals surface area contributed by atoms with E-state index in [-0.39, 0.29) is 11.9 Å². The van der Waals surface area contributed by atoms with Crippen LogP contribution in [-0.4, -0.2) is 30.8 Å². The summed E-state index contributed by atoms with van der Waals surface area (Å²) in [5.74, 6) is 1.40. The summed E-state index contributed by atoms with van der Waals surface area (Å²) < 4.78 is 11.8. The van der Waals surface area contributed by atoms with Gasteiger partial charge in [0.1, 0.15) is 11.5 Å². The first kappa shape index (κ1) is 18.0. The topological polar surface area (TPSA) is 54.4 Å². The summed E-state index contributed by atoms with van der Waals surface area (Å²) in [7, 11) is 3.44. The van der Waals surface area contributed by atoms with Gasteiger partial charge in [-0.25, -0.2) is 5.01 Å². The van der Waals surface area contributed by atoms with Crippen LogP contribution in [0.3, 0.4) is 0 Å². The number of hydrazone groups is 1. The summed E-state index contributed by atoms with van der Waals surface area (Å²) >= 11 is 0. The number of anilines is 1. The van der Waals surface area contributed by atoms with Crippen LogP contribution in [0.5, 0.6) is 11.5 Å². The molecule has 0 N–H and O–H groups in total. The Bertz CT molecular complexity index is 1240. The molecule has 6 nitrogen and oxygen atoms in total. The molecule has 154 valence electrons. The van der Waals surface area contributed by atoms with Gasteiger partial charge in [-0.15, -0.1) is 0 Å². The minimum Gasteiger partial charge on any atom is -0.497 e. The maximum Gasteiger partial charge on any atom is 0.306 e. The number of hydrogen-bond acceptors (Lipinski definition) is 5. The highest BCUT2D eigenvalue weighted by Crippen LogP contribution is 2.55. The van der Waals surface area contributed by atoms with E-state index in [1.165, 1.54) is 0 Å². The number of amides is 1. The summed E-state index contributed by atoms with van der Waals surface area (Å²) in [4.78, 5) is 15.4. The van der Waals surface area contributed by atoms with Crippen LogP contribution in [0.2, 0.25) is 0 Å². The molecule has 0 radical (unpaired) electrons. The molecule has 1 spiro atoms. The fourth-order valence-electron chi connectivity index (χ4n) is 4.88. The van der Waals surface area contributed by atoms with Crippen molar-refractivity contribution < 1.29 is 14.3 Å². The van der Waals surface area contributed by atoms with E-state index >= 15 is 0 Å². The summed E-state index contributed by atoms with van der Waals surface area (Å²) in [6.45, 7) is 0. The van der Waals surface area contributed by atoms with E-state index in [0.29, 0.717) is 6.42 Å². The number of nitrogens with zero attached hydrogens (tertiary/aromatic N) is 3. The fraction of sp³-hybridized carbons (Fsp3) is 0.200. The van der Waals surface area contributed by atoms with Crippen molar-refractivity contribution in [2.45, 2.75) is 18.2 Å². The third-order valence-corrected chi connectivity index (χ3v) is 6.42. The molecule has 0 saturated heterocycles. The molecule has 0 fully saturated rings. The SMILES string of the molecule is COc1ccc(C2=NN3[C@H](C2)c2ccccc2O[C@@]32C(=O)N(C)c3ccccc32)cc1. The highest BCUT2D eigenvalue weighted by molar-refractivity contribution is 6.08. The molecule has 0 bridgehead atoms. The number of carbonyl (C=O) groups is 1. The van der Waals surface area contributed by atoms with Crippen molar-refractivity contribution in [3.63, 3.8) is 0 Å². The van der Waals surface area contributed by atoms with Gasteiger partial charge in [-0.1, -0.05) is 36.4 Å². The lowest BCUT2D eigenvalue weighted by Crippen LogP contribution is -2.56. The Morgan fingerprint density at radius 3 is 2.58 bits per heavy atom. The first-order chi connectivity index (χ1) is 15.1. The molecule has 0 aromatic heterocycles. The van der Waals surface area contributed by atoms with Crippen LogP contribution in [-0.2, 0) is 10.5 Å². The Morgan fingerprint density at radius 2 is 1.77 bits per heavy atom. The molecule has 3 heterocycles. The highest BCUT2D eigenvalue weighted by atomic mass is 16.5. The first-order valence-corrected chi connectivity index (χ1v) is 10.3. The Balaban J connectivity index is 1.55. The molecule has 3 aromatic rings. The normalized spacial score (nSPS) is 23.2. The van der Waals surface area contributed by atoms with E-state index in [2.05, 4.69) is 6.07 Å². The van der Waals surface area contributed by atoms with Gasteiger partial charge in [0, 0.05) is 19.0 Å². The largest absolute Gasteiger partial charge is 0.497 e. The van der Waals surface area contributed by atoms with Gasteiger partial charge in [0.2, 0.25) is 0 Å². The standard InChI is InChI=1S/C25H21N3O3/c1-27-21-9-5-4-8-19(21)25(24(27)29)28-22(18-7-3-6-10-23(18)31-25)15-20(26-28)16-11-13-17(30-2)14-12-16/h3-14,22H,15H2,1-2H3/t22-,25+/m1/s1. The number of hydrogen-bond donors (Lipinski definition) is 0. The molecule has 6 heteroatoms. The van der Waals surface area contributed by atoms with Crippen molar-refractivity contribution in [1.82, 2.24) is 5.01 Å². The van der Waals surface area contributed by atoms with Gasteiger partial charge in [-0.05, 0) is 42.0 Å². The van der Waals surface area contributed by atoms with Crippen LogP contribution in [0.25, 0.3) is 0 Å². The Hall–Kier alpha value is -3.80. The van der Waals surface area contributed by atoms with Crippen molar-refractivity contribution in [2.24, 2.45) is 5.10 Å². The molecule has 3 aromatic carbocycles. The van der Waals surface area contributed by atoms with E-state index in [1.54, 1.807) is 19.1 Å². The molecule has 31 heavy (non-hydrogen) atoms. The van der Waals surface area contributed by atoms with E-state index in [0.717, 1.165) is 39.6 Å².